The fourth-order valence-corrected chi connectivity index (χ4v) is 1.99. The molecule has 0 saturated carbocycles. The highest BCUT2D eigenvalue weighted by Gasteiger charge is 2.31. The van der Waals surface area contributed by atoms with Crippen molar-refractivity contribution in [1.82, 2.24) is 10.3 Å². The van der Waals surface area contributed by atoms with E-state index in [4.69, 9.17) is 0 Å². The number of hydrogen-bond donors (Lipinski definition) is 1. The number of nitrogens with one attached hydrogen (secondary N) is 1. The first-order valence-corrected chi connectivity index (χ1v) is 4.83. The highest BCUT2D eigenvalue weighted by Crippen LogP contribution is 2.29. The maximum absolute atomic E-state index is 4.39. The van der Waals surface area contributed by atoms with Gasteiger partial charge in [0.1, 0.15) is 0 Å². The molecule has 2 heteroatoms. The number of rotatable bonds is 1. The van der Waals surface area contributed by atoms with Crippen LogP contribution in [0, 0.1) is 0 Å². The van der Waals surface area contributed by atoms with E-state index in [9.17, 15) is 0 Å². The van der Waals surface area contributed by atoms with Gasteiger partial charge in [0.05, 0.1) is 0 Å². The van der Waals surface area contributed by atoms with E-state index in [1.807, 2.05) is 12.3 Å². The van der Waals surface area contributed by atoms with Crippen LogP contribution in [0.5, 0.6) is 0 Å². The average Bonchev–Trinajstić information content (AvgIpc) is 2.48. The van der Waals surface area contributed by atoms with Gasteiger partial charge in [0, 0.05) is 29.9 Å². The molecule has 1 aliphatic heterocycles. The van der Waals surface area contributed by atoms with Crippen LogP contribution in [0.3, 0.4) is 0 Å². The molecule has 2 heterocycles. The van der Waals surface area contributed by atoms with Crippen molar-refractivity contribution >= 4 is 0 Å². The average molecular weight is 176 g/mol. The molecule has 13 heavy (non-hydrogen) atoms. The number of aromatic nitrogens is 1. The molecule has 2 nitrogen and oxygen atoms in total. The van der Waals surface area contributed by atoms with E-state index < -0.39 is 0 Å². The van der Waals surface area contributed by atoms with Crippen molar-refractivity contribution in [2.24, 2.45) is 0 Å². The van der Waals surface area contributed by atoms with Gasteiger partial charge in [-0.25, -0.2) is 0 Å². The predicted molar refractivity (Wildman–Crippen MR) is 53.7 cm³/mol. The Labute approximate surface area is 79.4 Å². The van der Waals surface area contributed by atoms with Gasteiger partial charge < -0.3 is 5.32 Å². The Morgan fingerprint density at radius 1 is 1.46 bits per heavy atom. The lowest BCUT2D eigenvalue weighted by Gasteiger charge is -2.16. The number of hydrogen-bond acceptors (Lipinski definition) is 2. The van der Waals surface area contributed by atoms with Crippen LogP contribution in [0.1, 0.15) is 31.9 Å². The Morgan fingerprint density at radius 3 is 2.85 bits per heavy atom. The lowest BCUT2D eigenvalue weighted by molar-refractivity contribution is 0.455. The van der Waals surface area contributed by atoms with Crippen molar-refractivity contribution in [3.63, 3.8) is 0 Å². The summed E-state index contributed by atoms with van der Waals surface area (Å²) in [6.45, 7) is 5.55. The molecule has 1 N–H and O–H groups in total. The van der Waals surface area contributed by atoms with Gasteiger partial charge in [-0.05, 0) is 32.4 Å². The van der Waals surface area contributed by atoms with E-state index in [1.54, 1.807) is 0 Å². The van der Waals surface area contributed by atoms with Crippen molar-refractivity contribution in [1.29, 1.82) is 0 Å². The second-order valence-electron chi connectivity index (χ2n) is 4.42. The molecule has 1 atom stereocenters. The topological polar surface area (TPSA) is 24.9 Å². The predicted octanol–water partition coefficient (Wildman–Crippen LogP) is 1.94. The third kappa shape index (κ3) is 1.89. The standard InChI is InChI=1S/C11H16N2/c1-11(2)7-9(8-13-11)10-5-3-4-6-12-10/h3-6,9,13H,7-8H2,1-2H3. The lowest BCUT2D eigenvalue weighted by Crippen LogP contribution is -2.31. The summed E-state index contributed by atoms with van der Waals surface area (Å²) in [6, 6.07) is 6.15. The van der Waals surface area contributed by atoms with Gasteiger partial charge in [0.15, 0.2) is 0 Å². The van der Waals surface area contributed by atoms with Crippen molar-refractivity contribution in [2.45, 2.75) is 31.7 Å². The molecule has 0 aromatic carbocycles. The van der Waals surface area contributed by atoms with Crippen molar-refractivity contribution in [3.8, 4) is 0 Å². The summed E-state index contributed by atoms with van der Waals surface area (Å²) in [5, 5.41) is 3.50. The maximum atomic E-state index is 4.39. The quantitative estimate of drug-likeness (QED) is 0.707. The van der Waals surface area contributed by atoms with E-state index in [-0.39, 0.29) is 5.54 Å². The smallest absolute Gasteiger partial charge is 0.0447 e. The van der Waals surface area contributed by atoms with Crippen LogP contribution < -0.4 is 5.32 Å². The summed E-state index contributed by atoms with van der Waals surface area (Å²) in [7, 11) is 0. The highest BCUT2D eigenvalue weighted by molar-refractivity contribution is 5.14. The first-order chi connectivity index (χ1) is 6.17. The SMILES string of the molecule is CC1(C)CC(c2ccccn2)CN1. The van der Waals surface area contributed by atoms with Crippen LogP contribution in [0.25, 0.3) is 0 Å². The van der Waals surface area contributed by atoms with Gasteiger partial charge in [-0.1, -0.05) is 6.07 Å². The van der Waals surface area contributed by atoms with Crippen molar-refractivity contribution < 1.29 is 0 Å². The second kappa shape index (κ2) is 3.11. The molecular formula is C11H16N2. The molecule has 0 spiro atoms. The van der Waals surface area contributed by atoms with Gasteiger partial charge in [0.25, 0.3) is 0 Å². The maximum Gasteiger partial charge on any atom is 0.0447 e. The third-order valence-electron chi connectivity index (χ3n) is 2.69. The lowest BCUT2D eigenvalue weighted by atomic mass is 9.94. The molecule has 1 saturated heterocycles. The van der Waals surface area contributed by atoms with Crippen LogP contribution in [0.2, 0.25) is 0 Å². The van der Waals surface area contributed by atoms with Crippen LogP contribution in [0.4, 0.5) is 0 Å². The van der Waals surface area contributed by atoms with Gasteiger partial charge in [-0.3, -0.25) is 4.98 Å². The summed E-state index contributed by atoms with van der Waals surface area (Å²) in [4.78, 5) is 4.39. The first-order valence-electron chi connectivity index (χ1n) is 4.83. The minimum atomic E-state index is 0.280. The van der Waals surface area contributed by atoms with E-state index in [0.29, 0.717) is 5.92 Å². The molecule has 0 bridgehead atoms. The number of nitrogens with zero attached hydrogens (tertiary/aromatic N) is 1. The number of pyridine rings is 1. The van der Waals surface area contributed by atoms with Gasteiger partial charge >= 0.3 is 0 Å². The van der Waals surface area contributed by atoms with E-state index >= 15 is 0 Å². The van der Waals surface area contributed by atoms with Crippen LogP contribution in [0.15, 0.2) is 24.4 Å². The summed E-state index contributed by atoms with van der Waals surface area (Å²) >= 11 is 0. The molecule has 1 aromatic heterocycles. The monoisotopic (exact) mass is 176 g/mol. The van der Waals surface area contributed by atoms with E-state index in [1.165, 1.54) is 12.1 Å². The molecule has 0 radical (unpaired) electrons. The minimum Gasteiger partial charge on any atom is -0.311 e. The molecule has 70 valence electrons. The van der Waals surface area contributed by atoms with Crippen molar-refractivity contribution in [3.05, 3.63) is 30.1 Å². The van der Waals surface area contributed by atoms with Crippen LogP contribution in [-0.2, 0) is 0 Å². The summed E-state index contributed by atoms with van der Waals surface area (Å²) in [5.41, 5.74) is 1.50. The third-order valence-corrected chi connectivity index (χ3v) is 2.69. The molecule has 2 rings (SSSR count). The van der Waals surface area contributed by atoms with E-state index in [0.717, 1.165) is 6.54 Å². The molecule has 1 aliphatic rings. The molecule has 0 amide bonds. The fourth-order valence-electron chi connectivity index (χ4n) is 1.99. The highest BCUT2D eigenvalue weighted by atomic mass is 15.0. The zero-order valence-electron chi connectivity index (χ0n) is 8.25. The summed E-state index contributed by atoms with van der Waals surface area (Å²) in [5.74, 6) is 0.594. The zero-order chi connectivity index (χ0) is 9.31. The van der Waals surface area contributed by atoms with Crippen LogP contribution in [-0.4, -0.2) is 17.1 Å². The second-order valence-corrected chi connectivity index (χ2v) is 4.42. The Bertz CT molecular complexity index is 279. The Hall–Kier alpha value is -0.890. The molecule has 0 aliphatic carbocycles. The zero-order valence-corrected chi connectivity index (χ0v) is 8.25. The Balaban J connectivity index is 2.13. The largest absolute Gasteiger partial charge is 0.311 e. The Kier molecular flexibility index (Phi) is 2.08. The Morgan fingerprint density at radius 2 is 2.31 bits per heavy atom. The van der Waals surface area contributed by atoms with Crippen molar-refractivity contribution in [2.75, 3.05) is 6.54 Å². The fraction of sp³-hybridized carbons (Fsp3) is 0.545. The van der Waals surface area contributed by atoms with Crippen LogP contribution >= 0.6 is 0 Å². The van der Waals surface area contributed by atoms with Gasteiger partial charge in [-0.2, -0.15) is 0 Å². The summed E-state index contributed by atoms with van der Waals surface area (Å²) < 4.78 is 0. The van der Waals surface area contributed by atoms with E-state index in [2.05, 4.69) is 36.3 Å². The minimum absolute atomic E-state index is 0.280. The first kappa shape index (κ1) is 8.70. The molecule has 1 aromatic rings. The van der Waals surface area contributed by atoms with Gasteiger partial charge in [0.2, 0.25) is 0 Å². The normalized spacial score (nSPS) is 26.2. The molecule has 1 unspecified atom stereocenters. The molecule has 1 fully saturated rings. The molecular weight excluding hydrogens is 160 g/mol. The summed E-state index contributed by atoms with van der Waals surface area (Å²) in [6.07, 6.45) is 3.06. The van der Waals surface area contributed by atoms with Gasteiger partial charge in [-0.15, -0.1) is 0 Å².